The molecule has 2 aromatic carbocycles. The fourth-order valence-electron chi connectivity index (χ4n) is 5.74. The molecule has 0 saturated carbocycles. The number of halogens is 1. The minimum atomic E-state index is -0.353. The van der Waals surface area contributed by atoms with E-state index in [1.165, 1.54) is 12.1 Å². The number of Topliss-reactive ketones (excluding diaryl/α,β-unsaturated/α-hetero) is 1. The number of ether oxygens (including phenoxy) is 2. The quantitative estimate of drug-likeness (QED) is 0.324. The monoisotopic (exact) mass is 557 g/mol. The molecule has 2 atom stereocenters. The second kappa shape index (κ2) is 12.5. The number of nitrogens with zero attached hydrogens (tertiary/aromatic N) is 3. The van der Waals surface area contributed by atoms with E-state index < -0.39 is 0 Å². The number of rotatable bonds is 7. The van der Waals surface area contributed by atoms with Crippen molar-refractivity contribution in [3.63, 3.8) is 0 Å². The average Bonchev–Trinajstić information content (AvgIpc) is 3.29. The largest absolute Gasteiger partial charge is 0.493 e. The number of carbonyl (C=O) groups excluding carboxylic acids is 2. The number of methoxy groups -OCH3 is 2. The topological polar surface area (TPSA) is 73.7 Å². The van der Waals surface area contributed by atoms with E-state index in [0.29, 0.717) is 42.3 Å². The SMILES string of the molecule is COc1ccc(/C2=C/C=C\CCc3cc(C(=O)N4CCCC(CC(=O)c5ccc(F)cc5)[C@@H](C)C4)nn32)cc1OC. The standard InChI is InChI=1S/C33H36FN3O4/c1-22-21-36(17-7-8-24(22)18-30(38)23-11-14-26(34)15-12-23)33(39)28-20-27-9-5-4-6-10-29(37(27)35-28)25-13-16-31(40-2)32(19-25)41-3/h4,6,10-16,19-20,22,24H,5,7-9,17-18,21H2,1-3H3/b6-4-,29-10-/t22-,24?/m0/s1. The highest BCUT2D eigenvalue weighted by Crippen LogP contribution is 2.33. The summed E-state index contributed by atoms with van der Waals surface area (Å²) in [6.07, 6.45) is 9.79. The number of fused-ring (bicyclic) bond motifs is 1. The molecule has 0 aliphatic carbocycles. The molecule has 1 amide bonds. The maximum atomic E-state index is 13.8. The van der Waals surface area contributed by atoms with Crippen LogP contribution in [0.15, 0.2) is 66.8 Å². The molecule has 2 aliphatic heterocycles. The highest BCUT2D eigenvalue weighted by molar-refractivity contribution is 5.96. The number of carbonyl (C=O) groups is 2. The summed E-state index contributed by atoms with van der Waals surface area (Å²) in [7, 11) is 3.21. The van der Waals surface area contributed by atoms with E-state index in [0.717, 1.165) is 42.6 Å². The second-order valence-corrected chi connectivity index (χ2v) is 10.8. The lowest BCUT2D eigenvalue weighted by Gasteiger charge is -2.25. The minimum Gasteiger partial charge on any atom is -0.493 e. The summed E-state index contributed by atoms with van der Waals surface area (Å²) in [5.41, 5.74) is 3.65. The van der Waals surface area contributed by atoms with Crippen LogP contribution in [0.3, 0.4) is 0 Å². The molecule has 2 aliphatic rings. The number of aromatic nitrogens is 2. The van der Waals surface area contributed by atoms with Crippen molar-refractivity contribution in [2.75, 3.05) is 27.3 Å². The van der Waals surface area contributed by atoms with E-state index in [1.807, 2.05) is 46.0 Å². The first-order valence-corrected chi connectivity index (χ1v) is 14.1. The first-order chi connectivity index (χ1) is 19.9. The van der Waals surface area contributed by atoms with Crippen molar-refractivity contribution in [1.29, 1.82) is 0 Å². The molecule has 0 N–H and O–H groups in total. The molecule has 7 nitrogen and oxygen atoms in total. The first-order valence-electron chi connectivity index (χ1n) is 14.1. The van der Waals surface area contributed by atoms with Gasteiger partial charge in [-0.1, -0.05) is 19.1 Å². The van der Waals surface area contributed by atoms with Gasteiger partial charge in [0.05, 0.1) is 19.9 Å². The minimum absolute atomic E-state index is 0.0126. The van der Waals surface area contributed by atoms with Crippen molar-refractivity contribution in [3.05, 3.63) is 95.1 Å². The number of aryl methyl sites for hydroxylation is 1. The van der Waals surface area contributed by atoms with Crippen LogP contribution in [0, 0.1) is 17.7 Å². The van der Waals surface area contributed by atoms with Crippen LogP contribution in [0.5, 0.6) is 11.5 Å². The van der Waals surface area contributed by atoms with Crippen LogP contribution in [-0.4, -0.2) is 53.7 Å². The van der Waals surface area contributed by atoms with E-state index in [9.17, 15) is 14.0 Å². The molecule has 5 rings (SSSR count). The highest BCUT2D eigenvalue weighted by atomic mass is 19.1. The number of hydrogen-bond acceptors (Lipinski definition) is 5. The third-order valence-corrected chi connectivity index (χ3v) is 8.08. The molecular formula is C33H36FN3O4. The number of amides is 1. The van der Waals surface area contributed by atoms with Crippen LogP contribution in [-0.2, 0) is 6.42 Å². The van der Waals surface area contributed by atoms with Gasteiger partial charge in [0.25, 0.3) is 5.91 Å². The Morgan fingerprint density at radius 2 is 1.83 bits per heavy atom. The summed E-state index contributed by atoms with van der Waals surface area (Å²) >= 11 is 0. The van der Waals surface area contributed by atoms with Crippen LogP contribution in [0.25, 0.3) is 5.70 Å². The number of benzene rings is 2. The Hall–Kier alpha value is -4.20. The second-order valence-electron chi connectivity index (χ2n) is 10.8. The van der Waals surface area contributed by atoms with Gasteiger partial charge in [-0.3, -0.25) is 9.59 Å². The number of allylic oxidation sites excluding steroid dienone is 3. The fraction of sp³-hybridized carbons (Fsp3) is 0.364. The Kier molecular flexibility index (Phi) is 8.67. The molecule has 1 saturated heterocycles. The summed E-state index contributed by atoms with van der Waals surface area (Å²) < 4.78 is 26.1. The molecule has 1 fully saturated rings. The summed E-state index contributed by atoms with van der Waals surface area (Å²) in [6.45, 7) is 3.28. The lowest BCUT2D eigenvalue weighted by atomic mass is 9.85. The van der Waals surface area contributed by atoms with E-state index in [4.69, 9.17) is 14.6 Å². The maximum Gasteiger partial charge on any atom is 0.274 e. The van der Waals surface area contributed by atoms with Crippen molar-refractivity contribution in [3.8, 4) is 11.5 Å². The fourth-order valence-corrected chi connectivity index (χ4v) is 5.74. The van der Waals surface area contributed by atoms with Gasteiger partial charge >= 0.3 is 0 Å². The van der Waals surface area contributed by atoms with E-state index in [1.54, 1.807) is 26.4 Å². The first kappa shape index (κ1) is 28.3. The molecule has 0 spiro atoms. The Morgan fingerprint density at radius 1 is 1.05 bits per heavy atom. The molecule has 3 aromatic rings. The lowest BCUT2D eigenvalue weighted by Crippen LogP contribution is -2.35. The zero-order chi connectivity index (χ0) is 28.9. The molecule has 1 aromatic heterocycles. The molecule has 0 radical (unpaired) electrons. The van der Waals surface area contributed by atoms with Gasteiger partial charge in [-0.15, -0.1) is 0 Å². The van der Waals surface area contributed by atoms with Gasteiger partial charge in [0.2, 0.25) is 0 Å². The summed E-state index contributed by atoms with van der Waals surface area (Å²) in [4.78, 5) is 28.5. The Morgan fingerprint density at radius 3 is 2.59 bits per heavy atom. The van der Waals surface area contributed by atoms with Gasteiger partial charge in [0.15, 0.2) is 23.0 Å². The van der Waals surface area contributed by atoms with Gasteiger partial charge in [-0.2, -0.15) is 5.10 Å². The summed E-state index contributed by atoms with van der Waals surface area (Å²) in [5, 5.41) is 4.82. The van der Waals surface area contributed by atoms with Gasteiger partial charge in [0.1, 0.15) is 5.82 Å². The van der Waals surface area contributed by atoms with Gasteiger partial charge in [-0.05, 0) is 92.1 Å². The molecule has 3 heterocycles. The third-order valence-electron chi connectivity index (χ3n) is 8.08. The number of ketones is 1. The number of hydrogen-bond donors (Lipinski definition) is 0. The Balaban J connectivity index is 1.34. The summed E-state index contributed by atoms with van der Waals surface area (Å²) in [6, 6.07) is 13.4. The normalized spacial score (nSPS) is 21.0. The van der Waals surface area contributed by atoms with Gasteiger partial charge < -0.3 is 14.4 Å². The predicted molar refractivity (Wildman–Crippen MR) is 156 cm³/mol. The lowest BCUT2D eigenvalue weighted by molar-refractivity contribution is 0.0730. The van der Waals surface area contributed by atoms with Crippen molar-refractivity contribution in [2.45, 2.75) is 39.0 Å². The summed E-state index contributed by atoms with van der Waals surface area (Å²) in [5.74, 6) is 1.11. The van der Waals surface area contributed by atoms with Crippen LogP contribution in [0.4, 0.5) is 4.39 Å². The maximum absolute atomic E-state index is 13.8. The van der Waals surface area contributed by atoms with Crippen molar-refractivity contribution < 1.29 is 23.5 Å². The van der Waals surface area contributed by atoms with Gasteiger partial charge in [0, 0.05) is 36.3 Å². The van der Waals surface area contributed by atoms with Crippen molar-refractivity contribution in [1.82, 2.24) is 14.7 Å². The zero-order valence-electron chi connectivity index (χ0n) is 23.8. The van der Waals surface area contributed by atoms with Crippen molar-refractivity contribution in [2.24, 2.45) is 11.8 Å². The average molecular weight is 558 g/mol. The zero-order valence-corrected chi connectivity index (χ0v) is 23.8. The van der Waals surface area contributed by atoms with Crippen molar-refractivity contribution >= 4 is 17.4 Å². The molecule has 8 heteroatoms. The van der Waals surface area contributed by atoms with Crippen LogP contribution in [0.2, 0.25) is 0 Å². The molecule has 214 valence electrons. The van der Waals surface area contributed by atoms with E-state index >= 15 is 0 Å². The Bertz CT molecular complexity index is 1470. The van der Waals surface area contributed by atoms with E-state index in [2.05, 4.69) is 13.0 Å². The number of likely N-dealkylation sites (tertiary alicyclic amines) is 1. The molecule has 41 heavy (non-hydrogen) atoms. The molecule has 1 unspecified atom stereocenters. The highest BCUT2D eigenvalue weighted by Gasteiger charge is 2.30. The predicted octanol–water partition coefficient (Wildman–Crippen LogP) is 6.19. The van der Waals surface area contributed by atoms with Crippen LogP contribution in [0.1, 0.15) is 64.7 Å². The Labute approximate surface area is 240 Å². The van der Waals surface area contributed by atoms with Crippen LogP contribution >= 0.6 is 0 Å². The van der Waals surface area contributed by atoms with E-state index in [-0.39, 0.29) is 29.3 Å². The van der Waals surface area contributed by atoms with Crippen LogP contribution < -0.4 is 9.47 Å². The third kappa shape index (κ3) is 6.26. The molecular weight excluding hydrogens is 521 g/mol. The van der Waals surface area contributed by atoms with Gasteiger partial charge in [-0.25, -0.2) is 9.07 Å². The smallest absolute Gasteiger partial charge is 0.274 e. The molecule has 0 bridgehead atoms.